The Bertz CT molecular complexity index is 284. The van der Waals surface area contributed by atoms with Gasteiger partial charge in [-0.3, -0.25) is 4.79 Å². The second-order valence-electron chi connectivity index (χ2n) is 6.69. The van der Waals surface area contributed by atoms with Crippen LogP contribution in [0.4, 0.5) is 0 Å². The standard InChI is InChI=1S/C18H35BO3/c1-3-5-7-9-11-13-15-17(14-12-10-8-6-4-2)19-21-16-18(20)22-19/h17H,3-16H2,1-2H3. The number of hydrogen-bond donors (Lipinski definition) is 0. The lowest BCUT2D eigenvalue weighted by Crippen LogP contribution is -2.23. The van der Waals surface area contributed by atoms with Crippen LogP contribution < -0.4 is 0 Å². The number of rotatable bonds is 14. The highest BCUT2D eigenvalue weighted by molar-refractivity contribution is 6.50. The highest BCUT2D eigenvalue weighted by atomic mass is 16.7. The van der Waals surface area contributed by atoms with Crippen molar-refractivity contribution in [2.24, 2.45) is 0 Å². The summed E-state index contributed by atoms with van der Waals surface area (Å²) in [5.74, 6) is 0.211. The molecular formula is C18H35BO3. The number of carbonyl (C=O) groups is 1. The van der Waals surface area contributed by atoms with E-state index in [-0.39, 0.29) is 19.7 Å². The lowest BCUT2D eigenvalue weighted by Gasteiger charge is -2.17. The quantitative estimate of drug-likeness (QED) is 0.312. The first kappa shape index (κ1) is 19.5. The molecule has 0 radical (unpaired) electrons. The van der Waals surface area contributed by atoms with Gasteiger partial charge in [0.05, 0.1) is 0 Å². The number of unbranched alkanes of at least 4 members (excludes halogenated alkanes) is 9. The van der Waals surface area contributed by atoms with Crippen LogP contribution in [0.5, 0.6) is 0 Å². The lowest BCUT2D eigenvalue weighted by atomic mass is 9.67. The van der Waals surface area contributed by atoms with E-state index in [9.17, 15) is 4.79 Å². The fraction of sp³-hybridized carbons (Fsp3) is 0.944. The third kappa shape index (κ3) is 8.82. The van der Waals surface area contributed by atoms with Crippen molar-refractivity contribution in [2.45, 2.75) is 103 Å². The molecule has 0 spiro atoms. The minimum Gasteiger partial charge on any atom is -0.508 e. The molecule has 1 saturated heterocycles. The Morgan fingerprint density at radius 3 is 1.82 bits per heavy atom. The lowest BCUT2D eigenvalue weighted by molar-refractivity contribution is -0.132. The van der Waals surface area contributed by atoms with Gasteiger partial charge in [-0.15, -0.1) is 0 Å². The van der Waals surface area contributed by atoms with Crippen LogP contribution in [-0.2, 0) is 14.1 Å². The van der Waals surface area contributed by atoms with Crippen LogP contribution in [0.2, 0.25) is 5.82 Å². The summed E-state index contributed by atoms with van der Waals surface area (Å²) in [6.07, 6.45) is 16.6. The maximum atomic E-state index is 11.3. The molecule has 1 unspecified atom stereocenters. The largest absolute Gasteiger partial charge is 0.531 e. The third-order valence-corrected chi connectivity index (χ3v) is 4.60. The maximum absolute atomic E-state index is 11.3. The van der Waals surface area contributed by atoms with Gasteiger partial charge in [-0.25, -0.2) is 0 Å². The Morgan fingerprint density at radius 1 is 0.864 bits per heavy atom. The minimum absolute atomic E-state index is 0.146. The van der Waals surface area contributed by atoms with E-state index >= 15 is 0 Å². The molecule has 1 atom stereocenters. The van der Waals surface area contributed by atoms with Crippen molar-refractivity contribution >= 4 is 13.1 Å². The van der Waals surface area contributed by atoms with Crippen LogP contribution in [-0.4, -0.2) is 19.7 Å². The summed E-state index contributed by atoms with van der Waals surface area (Å²) < 4.78 is 10.9. The van der Waals surface area contributed by atoms with Crippen molar-refractivity contribution in [2.75, 3.05) is 6.61 Å². The van der Waals surface area contributed by atoms with E-state index in [0.717, 1.165) is 12.8 Å². The average molecular weight is 310 g/mol. The Hall–Kier alpha value is -0.505. The fourth-order valence-corrected chi connectivity index (χ4v) is 3.19. The normalized spacial score (nSPS) is 16.1. The van der Waals surface area contributed by atoms with Crippen molar-refractivity contribution in [1.82, 2.24) is 0 Å². The van der Waals surface area contributed by atoms with Crippen LogP contribution >= 0.6 is 0 Å². The first-order chi connectivity index (χ1) is 10.8. The van der Waals surface area contributed by atoms with Gasteiger partial charge < -0.3 is 9.31 Å². The molecule has 0 bridgehead atoms. The predicted octanol–water partition coefficient (Wildman–Crippen LogP) is 5.53. The van der Waals surface area contributed by atoms with Crippen LogP contribution in [0, 0.1) is 0 Å². The van der Waals surface area contributed by atoms with Crippen molar-refractivity contribution < 1.29 is 14.1 Å². The first-order valence-electron chi connectivity index (χ1n) is 9.59. The highest BCUT2D eigenvalue weighted by Gasteiger charge is 2.38. The molecule has 22 heavy (non-hydrogen) atoms. The van der Waals surface area contributed by atoms with E-state index in [1.54, 1.807) is 0 Å². The molecule has 3 nitrogen and oxygen atoms in total. The topological polar surface area (TPSA) is 35.5 Å². The van der Waals surface area contributed by atoms with E-state index in [2.05, 4.69) is 13.8 Å². The van der Waals surface area contributed by atoms with Crippen molar-refractivity contribution in [3.05, 3.63) is 0 Å². The van der Waals surface area contributed by atoms with Crippen LogP contribution in [0.25, 0.3) is 0 Å². The van der Waals surface area contributed by atoms with Gasteiger partial charge in [-0.1, -0.05) is 97.3 Å². The first-order valence-corrected chi connectivity index (χ1v) is 9.59. The van der Waals surface area contributed by atoms with Gasteiger partial charge >= 0.3 is 13.1 Å². The Labute approximate surface area is 137 Å². The summed E-state index contributed by atoms with van der Waals surface area (Å²) >= 11 is 0. The summed E-state index contributed by atoms with van der Waals surface area (Å²) in [6, 6.07) is 0. The molecule has 1 rings (SSSR count). The number of hydrogen-bond acceptors (Lipinski definition) is 3. The Balaban J connectivity index is 2.20. The SMILES string of the molecule is CCCCCCCCC(CCCCCCC)B1OCC(=O)O1. The zero-order chi connectivity index (χ0) is 16.0. The van der Waals surface area contributed by atoms with Gasteiger partial charge in [0.25, 0.3) is 0 Å². The maximum Gasteiger partial charge on any atom is 0.531 e. The van der Waals surface area contributed by atoms with Gasteiger partial charge in [0, 0.05) is 5.82 Å². The van der Waals surface area contributed by atoms with E-state index in [1.807, 2.05) is 0 Å². The third-order valence-electron chi connectivity index (χ3n) is 4.60. The van der Waals surface area contributed by atoms with Crippen LogP contribution in [0.15, 0.2) is 0 Å². The van der Waals surface area contributed by atoms with Gasteiger partial charge in [0.2, 0.25) is 0 Å². The molecule has 0 aromatic rings. The van der Waals surface area contributed by atoms with Crippen molar-refractivity contribution in [1.29, 1.82) is 0 Å². The summed E-state index contributed by atoms with van der Waals surface area (Å²) in [7, 11) is -0.269. The van der Waals surface area contributed by atoms with E-state index in [4.69, 9.17) is 9.31 Å². The zero-order valence-corrected chi connectivity index (χ0v) is 14.8. The summed E-state index contributed by atoms with van der Waals surface area (Å²) in [5, 5.41) is 0. The molecule has 1 fully saturated rings. The molecule has 1 heterocycles. The highest BCUT2D eigenvalue weighted by Crippen LogP contribution is 2.29. The molecule has 128 valence electrons. The van der Waals surface area contributed by atoms with Crippen molar-refractivity contribution in [3.63, 3.8) is 0 Å². The van der Waals surface area contributed by atoms with Gasteiger partial charge in [0.1, 0.15) is 6.61 Å². The Kier molecular flexibility index (Phi) is 11.5. The fourth-order valence-electron chi connectivity index (χ4n) is 3.19. The van der Waals surface area contributed by atoms with E-state index in [0.29, 0.717) is 5.82 Å². The molecule has 4 heteroatoms. The second-order valence-corrected chi connectivity index (χ2v) is 6.69. The summed E-state index contributed by atoms with van der Waals surface area (Å²) in [6.45, 7) is 4.64. The average Bonchev–Trinajstić information content (AvgIpc) is 2.94. The van der Waals surface area contributed by atoms with Gasteiger partial charge in [-0.2, -0.15) is 0 Å². The molecule has 1 aliphatic rings. The Morgan fingerprint density at radius 2 is 1.36 bits per heavy atom. The molecule has 0 aromatic heterocycles. The summed E-state index contributed by atoms with van der Waals surface area (Å²) in [4.78, 5) is 11.3. The van der Waals surface area contributed by atoms with E-state index in [1.165, 1.54) is 70.6 Å². The second kappa shape index (κ2) is 13.0. The molecule has 0 aliphatic carbocycles. The smallest absolute Gasteiger partial charge is 0.508 e. The molecule has 0 N–H and O–H groups in total. The molecule has 1 aliphatic heterocycles. The number of carbonyl (C=O) groups excluding carboxylic acids is 1. The predicted molar refractivity (Wildman–Crippen MR) is 92.9 cm³/mol. The molecule has 0 amide bonds. The molecular weight excluding hydrogens is 275 g/mol. The van der Waals surface area contributed by atoms with Gasteiger partial charge in [-0.05, 0) is 0 Å². The monoisotopic (exact) mass is 310 g/mol. The zero-order valence-electron chi connectivity index (χ0n) is 14.8. The molecule has 0 aromatic carbocycles. The van der Waals surface area contributed by atoms with Crippen LogP contribution in [0.3, 0.4) is 0 Å². The summed E-state index contributed by atoms with van der Waals surface area (Å²) in [5.41, 5.74) is 0. The van der Waals surface area contributed by atoms with E-state index < -0.39 is 0 Å². The van der Waals surface area contributed by atoms with Crippen LogP contribution in [0.1, 0.15) is 97.3 Å². The molecule has 0 saturated carbocycles. The van der Waals surface area contributed by atoms with Crippen molar-refractivity contribution in [3.8, 4) is 0 Å². The van der Waals surface area contributed by atoms with Gasteiger partial charge in [0.15, 0.2) is 0 Å². The minimum atomic E-state index is -0.269.